The van der Waals surface area contributed by atoms with Crippen LogP contribution in [0.25, 0.3) is 10.8 Å². The van der Waals surface area contributed by atoms with E-state index in [9.17, 15) is 18.0 Å². The number of thiazole rings is 1. The van der Waals surface area contributed by atoms with Crippen LogP contribution in [0.4, 0.5) is 24.0 Å². The number of alkyl halides is 3. The van der Waals surface area contributed by atoms with Crippen LogP contribution in [0, 0.1) is 0 Å². The highest BCUT2D eigenvalue weighted by molar-refractivity contribution is 7.15. The number of nitrogens with zero attached hydrogens (tertiary/aromatic N) is 1. The lowest BCUT2D eigenvalue weighted by atomic mass is 10.1. The number of carbonyl (C=O) groups is 1. The Hall–Kier alpha value is -3.39. The smallest absolute Gasteiger partial charge is 0.376 e. The normalized spacial score (nSPS) is 11.5. The van der Waals surface area contributed by atoms with Gasteiger partial charge in [-0.2, -0.15) is 13.2 Å². The molecule has 2 N–H and O–H groups in total. The van der Waals surface area contributed by atoms with Gasteiger partial charge in [0.2, 0.25) is 5.91 Å². The van der Waals surface area contributed by atoms with Crippen molar-refractivity contribution in [3.8, 4) is 0 Å². The van der Waals surface area contributed by atoms with Gasteiger partial charge in [-0.1, -0.05) is 54.6 Å². The number of amides is 1. The summed E-state index contributed by atoms with van der Waals surface area (Å²) >= 11 is 1.24. The minimum absolute atomic E-state index is 0.0660. The fourth-order valence-corrected chi connectivity index (χ4v) is 4.09. The van der Waals surface area contributed by atoms with E-state index in [0.717, 1.165) is 33.5 Å². The maximum absolute atomic E-state index is 12.9. The topological polar surface area (TPSA) is 54.0 Å². The van der Waals surface area contributed by atoms with Gasteiger partial charge in [0.05, 0.1) is 12.1 Å². The van der Waals surface area contributed by atoms with Gasteiger partial charge in [-0.15, -0.1) is 11.3 Å². The molecule has 1 amide bonds. The average Bonchev–Trinajstić information content (AvgIpc) is 3.18. The van der Waals surface area contributed by atoms with Gasteiger partial charge >= 0.3 is 6.18 Å². The van der Waals surface area contributed by atoms with Crippen LogP contribution in [0.5, 0.6) is 0 Å². The van der Waals surface area contributed by atoms with Crippen molar-refractivity contribution in [2.24, 2.45) is 0 Å². The number of carbonyl (C=O) groups excluding carboxylic acids is 1. The summed E-state index contributed by atoms with van der Waals surface area (Å²) in [6.07, 6.45) is -2.50. The molecule has 158 valence electrons. The molecule has 8 heteroatoms. The maximum atomic E-state index is 12.9. The van der Waals surface area contributed by atoms with Crippen molar-refractivity contribution in [1.82, 2.24) is 4.98 Å². The zero-order chi connectivity index (χ0) is 21.8. The van der Waals surface area contributed by atoms with E-state index in [1.54, 1.807) is 12.3 Å². The monoisotopic (exact) mass is 441 g/mol. The molecule has 0 fully saturated rings. The van der Waals surface area contributed by atoms with E-state index < -0.39 is 11.7 Å². The van der Waals surface area contributed by atoms with Gasteiger partial charge in [0.15, 0.2) is 5.13 Å². The summed E-state index contributed by atoms with van der Waals surface area (Å²) in [5, 5.41) is 8.37. The Bertz CT molecular complexity index is 1210. The molecule has 4 nitrogen and oxygen atoms in total. The lowest BCUT2D eigenvalue weighted by Crippen LogP contribution is -2.21. The first-order valence-electron chi connectivity index (χ1n) is 9.51. The second-order valence-corrected chi connectivity index (χ2v) is 8.05. The zero-order valence-electron chi connectivity index (χ0n) is 16.2. The van der Waals surface area contributed by atoms with E-state index in [2.05, 4.69) is 15.6 Å². The van der Waals surface area contributed by atoms with E-state index in [-0.39, 0.29) is 12.5 Å². The van der Waals surface area contributed by atoms with Crippen molar-refractivity contribution in [1.29, 1.82) is 0 Å². The maximum Gasteiger partial charge on any atom is 0.416 e. The fraction of sp³-hybridized carbons (Fsp3) is 0.130. The van der Waals surface area contributed by atoms with Crippen molar-refractivity contribution in [3.05, 3.63) is 88.9 Å². The summed E-state index contributed by atoms with van der Waals surface area (Å²) in [5.74, 6) is -0.257. The summed E-state index contributed by atoms with van der Waals surface area (Å²) in [5.41, 5.74) is 0.717. The Morgan fingerprint density at radius 2 is 1.77 bits per heavy atom. The van der Waals surface area contributed by atoms with Crippen LogP contribution in [0.1, 0.15) is 16.0 Å². The van der Waals surface area contributed by atoms with Crippen molar-refractivity contribution < 1.29 is 18.0 Å². The van der Waals surface area contributed by atoms with Gasteiger partial charge in [-0.25, -0.2) is 4.98 Å². The minimum atomic E-state index is -4.38. The van der Waals surface area contributed by atoms with Gasteiger partial charge in [-0.3, -0.25) is 4.79 Å². The van der Waals surface area contributed by atoms with Crippen molar-refractivity contribution in [2.75, 3.05) is 17.2 Å². The average molecular weight is 441 g/mol. The van der Waals surface area contributed by atoms with Gasteiger partial charge in [0, 0.05) is 28.6 Å². The quantitative estimate of drug-likeness (QED) is 0.388. The number of fused-ring (bicyclic) bond motifs is 1. The number of halogens is 3. The van der Waals surface area contributed by atoms with E-state index in [1.807, 2.05) is 42.5 Å². The van der Waals surface area contributed by atoms with Gasteiger partial charge in [-0.05, 0) is 23.1 Å². The molecule has 0 aliphatic rings. The van der Waals surface area contributed by atoms with Gasteiger partial charge in [0.25, 0.3) is 0 Å². The first-order chi connectivity index (χ1) is 14.9. The van der Waals surface area contributed by atoms with Crippen molar-refractivity contribution >= 4 is 38.8 Å². The third-order valence-corrected chi connectivity index (χ3v) is 5.57. The molecule has 0 atom stereocenters. The van der Waals surface area contributed by atoms with Gasteiger partial charge in [0.1, 0.15) is 0 Å². The van der Waals surface area contributed by atoms with E-state index in [4.69, 9.17) is 0 Å². The number of anilines is 2. The molecular weight excluding hydrogens is 423 g/mol. The zero-order valence-corrected chi connectivity index (χ0v) is 17.1. The first-order valence-corrected chi connectivity index (χ1v) is 10.3. The third-order valence-electron chi connectivity index (χ3n) is 4.66. The van der Waals surface area contributed by atoms with Crippen LogP contribution in [-0.2, 0) is 17.4 Å². The lowest BCUT2D eigenvalue weighted by molar-refractivity contribution is -0.137. The highest BCUT2D eigenvalue weighted by atomic mass is 32.1. The molecule has 0 bridgehead atoms. The van der Waals surface area contributed by atoms with Crippen LogP contribution in [-0.4, -0.2) is 17.4 Å². The summed E-state index contributed by atoms with van der Waals surface area (Å²) in [6, 6.07) is 18.9. The molecule has 1 heterocycles. The van der Waals surface area contributed by atoms with Crippen molar-refractivity contribution in [3.63, 3.8) is 0 Å². The Kier molecular flexibility index (Phi) is 5.90. The molecule has 3 aromatic carbocycles. The predicted molar refractivity (Wildman–Crippen MR) is 117 cm³/mol. The number of hydrogen-bond donors (Lipinski definition) is 2. The molecule has 1 aromatic heterocycles. The summed E-state index contributed by atoms with van der Waals surface area (Å²) in [7, 11) is 0. The molecule has 0 aliphatic heterocycles. The van der Waals surface area contributed by atoms with Gasteiger partial charge < -0.3 is 10.6 Å². The van der Waals surface area contributed by atoms with Crippen LogP contribution in [0.15, 0.2) is 72.9 Å². The first kappa shape index (κ1) is 20.9. The highest BCUT2D eigenvalue weighted by Crippen LogP contribution is 2.30. The third kappa shape index (κ3) is 5.21. The summed E-state index contributed by atoms with van der Waals surface area (Å²) in [6.45, 7) is 0.0660. The molecule has 0 aliphatic carbocycles. The molecule has 0 radical (unpaired) electrons. The standard InChI is InChI=1S/C23H18F3N3OS/c24-23(25,26)17-8-3-5-15(11-17)12-18-13-28-22(31-18)29-21(30)14-27-20-10-4-7-16-6-1-2-9-19(16)20/h1-11,13,27H,12,14H2,(H,28,29,30). The van der Waals surface area contributed by atoms with Crippen LogP contribution in [0.3, 0.4) is 0 Å². The molecular formula is C23H18F3N3OS. The largest absolute Gasteiger partial charge is 0.416 e. The summed E-state index contributed by atoms with van der Waals surface area (Å²) in [4.78, 5) is 17.2. The summed E-state index contributed by atoms with van der Waals surface area (Å²) < 4.78 is 38.6. The molecule has 0 spiro atoms. The Morgan fingerprint density at radius 3 is 2.61 bits per heavy atom. The number of rotatable bonds is 6. The molecule has 31 heavy (non-hydrogen) atoms. The minimum Gasteiger partial charge on any atom is -0.376 e. The molecule has 4 rings (SSSR count). The van der Waals surface area contributed by atoms with E-state index in [0.29, 0.717) is 17.1 Å². The van der Waals surface area contributed by atoms with Crippen LogP contribution >= 0.6 is 11.3 Å². The number of aromatic nitrogens is 1. The Morgan fingerprint density at radius 1 is 1.00 bits per heavy atom. The van der Waals surface area contributed by atoms with Crippen molar-refractivity contribution in [2.45, 2.75) is 12.6 Å². The lowest BCUT2D eigenvalue weighted by Gasteiger charge is -2.09. The highest BCUT2D eigenvalue weighted by Gasteiger charge is 2.30. The second kappa shape index (κ2) is 8.77. The predicted octanol–water partition coefficient (Wildman–Crippen LogP) is 5.96. The number of nitrogens with one attached hydrogen (secondary N) is 2. The molecule has 0 saturated heterocycles. The molecule has 0 unspecified atom stereocenters. The molecule has 0 saturated carbocycles. The van der Waals surface area contributed by atoms with Crippen LogP contribution < -0.4 is 10.6 Å². The van der Waals surface area contributed by atoms with Crippen LogP contribution in [0.2, 0.25) is 0 Å². The fourth-order valence-electron chi connectivity index (χ4n) is 3.22. The Balaban J connectivity index is 1.36. The number of hydrogen-bond acceptors (Lipinski definition) is 4. The van der Waals surface area contributed by atoms with E-state index >= 15 is 0 Å². The van der Waals surface area contributed by atoms with E-state index in [1.165, 1.54) is 17.4 Å². The molecule has 4 aromatic rings. The SMILES string of the molecule is O=C(CNc1cccc2ccccc12)Nc1ncc(Cc2cccc(C(F)(F)F)c2)s1. The Labute approximate surface area is 180 Å². The second-order valence-electron chi connectivity index (χ2n) is 6.94. The number of benzene rings is 3.